The number of rotatable bonds is 3. The molecule has 0 bridgehead atoms. The second kappa shape index (κ2) is 4.81. The lowest BCUT2D eigenvalue weighted by atomic mass is 10.1. The van der Waals surface area contributed by atoms with Crippen molar-refractivity contribution < 1.29 is 9.90 Å². The SMILES string of the molecule is Cc1cc(C(=O)O)ccc1Cn1ncc2ccccc21. The molecule has 0 saturated carbocycles. The maximum atomic E-state index is 10.9. The van der Waals surface area contributed by atoms with E-state index in [0.29, 0.717) is 12.1 Å². The molecule has 0 fully saturated rings. The van der Waals surface area contributed by atoms with Crippen LogP contribution in [0.5, 0.6) is 0 Å². The van der Waals surface area contributed by atoms with E-state index in [9.17, 15) is 4.79 Å². The highest BCUT2D eigenvalue weighted by Crippen LogP contribution is 2.17. The third kappa shape index (κ3) is 2.16. The van der Waals surface area contributed by atoms with E-state index in [0.717, 1.165) is 22.0 Å². The minimum atomic E-state index is -0.899. The molecule has 1 aromatic heterocycles. The molecule has 0 aliphatic carbocycles. The summed E-state index contributed by atoms with van der Waals surface area (Å²) in [6, 6.07) is 13.2. The van der Waals surface area contributed by atoms with E-state index in [4.69, 9.17) is 5.11 Å². The van der Waals surface area contributed by atoms with Crippen molar-refractivity contribution in [1.29, 1.82) is 0 Å². The van der Waals surface area contributed by atoms with E-state index in [1.807, 2.05) is 48.1 Å². The van der Waals surface area contributed by atoms with Crippen LogP contribution < -0.4 is 0 Å². The molecule has 0 atom stereocenters. The Bertz CT molecular complexity index is 790. The minimum Gasteiger partial charge on any atom is -0.478 e. The largest absolute Gasteiger partial charge is 0.478 e. The molecule has 100 valence electrons. The van der Waals surface area contributed by atoms with Gasteiger partial charge in [0.15, 0.2) is 0 Å². The molecule has 0 saturated heterocycles. The highest BCUT2D eigenvalue weighted by atomic mass is 16.4. The monoisotopic (exact) mass is 266 g/mol. The topological polar surface area (TPSA) is 55.1 Å². The molecule has 0 radical (unpaired) electrons. The molecule has 2 aromatic carbocycles. The van der Waals surface area contributed by atoms with Crippen LogP contribution in [0.2, 0.25) is 0 Å². The van der Waals surface area contributed by atoms with Crippen molar-refractivity contribution in [3.05, 3.63) is 65.4 Å². The molecular formula is C16H14N2O2. The van der Waals surface area contributed by atoms with Gasteiger partial charge < -0.3 is 5.11 Å². The van der Waals surface area contributed by atoms with Gasteiger partial charge in [-0.1, -0.05) is 24.3 Å². The number of hydrogen-bond acceptors (Lipinski definition) is 2. The first-order chi connectivity index (χ1) is 9.65. The van der Waals surface area contributed by atoms with Crippen LogP contribution in [0.25, 0.3) is 10.9 Å². The fraction of sp³-hybridized carbons (Fsp3) is 0.125. The van der Waals surface area contributed by atoms with Crippen molar-refractivity contribution in [3.63, 3.8) is 0 Å². The molecule has 4 heteroatoms. The van der Waals surface area contributed by atoms with Crippen molar-refractivity contribution in [1.82, 2.24) is 9.78 Å². The predicted octanol–water partition coefficient (Wildman–Crippen LogP) is 3.09. The summed E-state index contributed by atoms with van der Waals surface area (Å²) in [5.41, 5.74) is 3.43. The number of nitrogens with zero attached hydrogens (tertiary/aromatic N) is 2. The van der Waals surface area contributed by atoms with Gasteiger partial charge in [-0.2, -0.15) is 5.10 Å². The van der Waals surface area contributed by atoms with Crippen LogP contribution in [0.4, 0.5) is 0 Å². The predicted molar refractivity (Wildman–Crippen MR) is 77.0 cm³/mol. The van der Waals surface area contributed by atoms with Crippen LogP contribution in [-0.2, 0) is 6.54 Å². The van der Waals surface area contributed by atoms with Crippen LogP contribution in [0.1, 0.15) is 21.5 Å². The lowest BCUT2D eigenvalue weighted by Crippen LogP contribution is -2.05. The Morgan fingerprint density at radius 3 is 2.80 bits per heavy atom. The summed E-state index contributed by atoms with van der Waals surface area (Å²) in [5, 5.41) is 14.5. The van der Waals surface area contributed by atoms with Crippen molar-refractivity contribution in [2.75, 3.05) is 0 Å². The standard InChI is InChI=1S/C16H14N2O2/c1-11-8-12(16(19)20)6-7-14(11)10-18-15-5-3-2-4-13(15)9-17-18/h2-9H,10H2,1H3,(H,19,20). The Labute approximate surface area is 116 Å². The van der Waals surface area contributed by atoms with Crippen molar-refractivity contribution in [2.45, 2.75) is 13.5 Å². The number of carboxylic acid groups (broad SMARTS) is 1. The van der Waals surface area contributed by atoms with Crippen LogP contribution in [-0.4, -0.2) is 20.9 Å². The van der Waals surface area contributed by atoms with Gasteiger partial charge in [0.25, 0.3) is 0 Å². The molecule has 0 aliphatic heterocycles. The second-order valence-corrected chi connectivity index (χ2v) is 4.81. The highest BCUT2D eigenvalue weighted by Gasteiger charge is 2.08. The number of aromatic carboxylic acids is 1. The van der Waals surface area contributed by atoms with Crippen LogP contribution in [0.15, 0.2) is 48.7 Å². The third-order valence-electron chi connectivity index (χ3n) is 3.46. The summed E-state index contributed by atoms with van der Waals surface area (Å²) >= 11 is 0. The molecule has 1 heterocycles. The smallest absolute Gasteiger partial charge is 0.335 e. The van der Waals surface area contributed by atoms with E-state index in [-0.39, 0.29) is 0 Å². The summed E-state index contributed by atoms with van der Waals surface area (Å²) < 4.78 is 1.93. The highest BCUT2D eigenvalue weighted by molar-refractivity contribution is 5.87. The molecule has 1 N–H and O–H groups in total. The number of aromatic nitrogens is 2. The number of aryl methyl sites for hydroxylation is 1. The molecule has 0 aliphatic rings. The maximum absolute atomic E-state index is 10.9. The molecular weight excluding hydrogens is 252 g/mol. The van der Waals surface area contributed by atoms with Crippen molar-refractivity contribution in [3.8, 4) is 0 Å². The normalized spacial score (nSPS) is 10.8. The van der Waals surface area contributed by atoms with Crippen molar-refractivity contribution in [2.24, 2.45) is 0 Å². The lowest BCUT2D eigenvalue weighted by molar-refractivity contribution is 0.0697. The Hall–Kier alpha value is -2.62. The molecule has 0 spiro atoms. The van der Waals surface area contributed by atoms with Crippen LogP contribution >= 0.6 is 0 Å². The number of carbonyl (C=O) groups is 1. The Morgan fingerprint density at radius 2 is 2.05 bits per heavy atom. The fourth-order valence-corrected chi connectivity index (χ4v) is 2.32. The van der Waals surface area contributed by atoms with Gasteiger partial charge in [0.05, 0.1) is 23.8 Å². The lowest BCUT2D eigenvalue weighted by Gasteiger charge is -2.08. The van der Waals surface area contributed by atoms with Gasteiger partial charge in [-0.15, -0.1) is 0 Å². The van der Waals surface area contributed by atoms with Crippen LogP contribution in [0.3, 0.4) is 0 Å². The summed E-state index contributed by atoms with van der Waals surface area (Å²) in [6.07, 6.45) is 1.84. The molecule has 20 heavy (non-hydrogen) atoms. The molecule has 0 amide bonds. The molecule has 3 aromatic rings. The Balaban J connectivity index is 1.97. The number of hydrogen-bond donors (Lipinski definition) is 1. The number of para-hydroxylation sites is 1. The number of fused-ring (bicyclic) bond motifs is 1. The maximum Gasteiger partial charge on any atom is 0.335 e. The molecule has 0 unspecified atom stereocenters. The summed E-state index contributed by atoms with van der Waals surface area (Å²) in [4.78, 5) is 10.9. The zero-order chi connectivity index (χ0) is 14.1. The summed E-state index contributed by atoms with van der Waals surface area (Å²) in [7, 11) is 0. The van der Waals surface area contributed by atoms with Gasteiger partial charge in [-0.25, -0.2) is 4.79 Å². The summed E-state index contributed by atoms with van der Waals surface area (Å²) in [5.74, 6) is -0.899. The van der Waals surface area contributed by atoms with Gasteiger partial charge >= 0.3 is 5.97 Å². The van der Waals surface area contributed by atoms with Crippen LogP contribution in [0, 0.1) is 6.92 Å². The first-order valence-electron chi connectivity index (χ1n) is 6.38. The van der Waals surface area contributed by atoms with E-state index in [2.05, 4.69) is 5.10 Å². The quantitative estimate of drug-likeness (QED) is 0.792. The fourth-order valence-electron chi connectivity index (χ4n) is 2.32. The van der Waals surface area contributed by atoms with Gasteiger partial charge in [0.2, 0.25) is 0 Å². The zero-order valence-electron chi connectivity index (χ0n) is 11.1. The first-order valence-corrected chi connectivity index (χ1v) is 6.38. The molecule has 4 nitrogen and oxygen atoms in total. The second-order valence-electron chi connectivity index (χ2n) is 4.81. The average Bonchev–Trinajstić information content (AvgIpc) is 2.84. The number of carboxylic acids is 1. The van der Waals surface area contributed by atoms with Gasteiger partial charge in [-0.05, 0) is 36.2 Å². The van der Waals surface area contributed by atoms with Gasteiger partial charge in [0.1, 0.15) is 0 Å². The van der Waals surface area contributed by atoms with E-state index >= 15 is 0 Å². The van der Waals surface area contributed by atoms with E-state index in [1.165, 1.54) is 0 Å². The Kier molecular flexibility index (Phi) is 2.99. The first kappa shape index (κ1) is 12.4. The van der Waals surface area contributed by atoms with E-state index < -0.39 is 5.97 Å². The van der Waals surface area contributed by atoms with E-state index in [1.54, 1.807) is 12.1 Å². The Morgan fingerprint density at radius 1 is 1.25 bits per heavy atom. The zero-order valence-corrected chi connectivity index (χ0v) is 11.1. The third-order valence-corrected chi connectivity index (χ3v) is 3.46. The summed E-state index contributed by atoms with van der Waals surface area (Å²) in [6.45, 7) is 2.56. The number of benzene rings is 2. The average molecular weight is 266 g/mol. The minimum absolute atomic E-state index is 0.316. The van der Waals surface area contributed by atoms with Crippen molar-refractivity contribution >= 4 is 16.9 Å². The molecule has 3 rings (SSSR count). The van der Waals surface area contributed by atoms with Gasteiger partial charge in [-0.3, -0.25) is 4.68 Å². The van der Waals surface area contributed by atoms with Gasteiger partial charge in [0, 0.05) is 5.39 Å².